The first kappa shape index (κ1) is 17.7. The van der Waals surface area contributed by atoms with Crippen LogP contribution in [0.2, 0.25) is 0 Å². The summed E-state index contributed by atoms with van der Waals surface area (Å²) in [5.74, 6) is 1.00. The molecule has 1 aromatic heterocycles. The maximum Gasteiger partial charge on any atom is 0.322 e. The molecular formula is C20H16N4O4S. The van der Waals surface area contributed by atoms with Gasteiger partial charge >= 0.3 is 5.97 Å². The molecule has 0 aliphatic carbocycles. The zero-order valence-corrected chi connectivity index (χ0v) is 16.2. The Morgan fingerprint density at radius 1 is 1.14 bits per heavy atom. The van der Waals surface area contributed by atoms with Crippen molar-refractivity contribution in [1.82, 2.24) is 15.6 Å². The number of hydrazone groups is 1. The van der Waals surface area contributed by atoms with Crippen molar-refractivity contribution in [2.75, 3.05) is 12.9 Å². The topological polar surface area (TPSA) is 98.8 Å². The fourth-order valence-corrected chi connectivity index (χ4v) is 4.20. The van der Waals surface area contributed by atoms with E-state index < -0.39 is 5.92 Å². The van der Waals surface area contributed by atoms with Crippen LogP contribution in [0.15, 0.2) is 63.3 Å². The summed E-state index contributed by atoms with van der Waals surface area (Å²) in [6.07, 6.45) is 0. The third-order valence-corrected chi connectivity index (χ3v) is 5.68. The lowest BCUT2D eigenvalue weighted by Gasteiger charge is -2.27. The van der Waals surface area contributed by atoms with Gasteiger partial charge in [0.1, 0.15) is 5.92 Å². The third-order valence-electron chi connectivity index (χ3n) is 4.83. The van der Waals surface area contributed by atoms with Crippen molar-refractivity contribution >= 4 is 23.4 Å². The van der Waals surface area contributed by atoms with Crippen LogP contribution in [-0.4, -0.2) is 34.7 Å². The van der Waals surface area contributed by atoms with Gasteiger partial charge in [0.2, 0.25) is 5.89 Å². The summed E-state index contributed by atoms with van der Waals surface area (Å²) in [6, 6.07) is 14.8. The van der Waals surface area contributed by atoms with Gasteiger partial charge in [-0.1, -0.05) is 42.1 Å². The highest BCUT2D eigenvalue weighted by Crippen LogP contribution is 2.44. The van der Waals surface area contributed by atoms with Gasteiger partial charge in [-0.25, -0.2) is 0 Å². The average molecular weight is 408 g/mol. The van der Waals surface area contributed by atoms with Gasteiger partial charge in [0.25, 0.3) is 5.22 Å². The molecule has 3 aromatic rings. The number of methoxy groups -OCH3 is 1. The molecule has 5 rings (SSSR count). The first-order valence-corrected chi connectivity index (χ1v) is 9.95. The van der Waals surface area contributed by atoms with Crippen molar-refractivity contribution < 1.29 is 18.7 Å². The molecule has 0 saturated carbocycles. The second-order valence-corrected chi connectivity index (χ2v) is 7.44. The zero-order chi connectivity index (χ0) is 19.8. The van der Waals surface area contributed by atoms with Gasteiger partial charge in [-0.2, -0.15) is 5.10 Å². The van der Waals surface area contributed by atoms with Gasteiger partial charge in [0, 0.05) is 16.9 Å². The number of aromatic nitrogens is 2. The minimum Gasteiger partial charge on any atom is -0.493 e. The van der Waals surface area contributed by atoms with E-state index in [1.165, 1.54) is 11.8 Å². The predicted octanol–water partition coefficient (Wildman–Crippen LogP) is 3.07. The van der Waals surface area contributed by atoms with Crippen LogP contribution in [0.1, 0.15) is 11.6 Å². The highest BCUT2D eigenvalue weighted by Gasteiger charge is 2.45. The van der Waals surface area contributed by atoms with Crippen molar-refractivity contribution in [2.24, 2.45) is 11.0 Å². The summed E-state index contributed by atoms with van der Waals surface area (Å²) >= 11 is 1.34. The van der Waals surface area contributed by atoms with Crippen molar-refractivity contribution in [1.29, 1.82) is 0 Å². The van der Waals surface area contributed by atoms with Crippen LogP contribution in [-0.2, 0) is 4.79 Å². The number of rotatable bonds is 5. The maximum atomic E-state index is 12.7. The summed E-state index contributed by atoms with van der Waals surface area (Å²) in [5.41, 5.74) is 5.45. The number of para-hydroxylation sites is 1. The van der Waals surface area contributed by atoms with Crippen LogP contribution < -0.4 is 14.9 Å². The van der Waals surface area contributed by atoms with E-state index in [9.17, 15) is 4.79 Å². The molecule has 3 heterocycles. The minimum absolute atomic E-state index is 0.278. The SMILES string of the molecule is COc1cccc2c1OC(=O)C1C(CSc3nnc(-c4ccccc4)o3)=NNC21. The second-order valence-electron chi connectivity index (χ2n) is 6.52. The second kappa shape index (κ2) is 7.25. The van der Waals surface area contributed by atoms with Gasteiger partial charge in [-0.15, -0.1) is 10.2 Å². The first-order valence-electron chi connectivity index (χ1n) is 8.97. The fourth-order valence-electron chi connectivity index (χ4n) is 3.45. The molecule has 0 radical (unpaired) electrons. The largest absolute Gasteiger partial charge is 0.493 e. The number of carbonyl (C=O) groups excluding carboxylic acids is 1. The zero-order valence-electron chi connectivity index (χ0n) is 15.4. The number of esters is 1. The summed E-state index contributed by atoms with van der Waals surface area (Å²) < 4.78 is 16.6. The molecule has 2 unspecified atom stereocenters. The molecule has 8 nitrogen and oxygen atoms in total. The van der Waals surface area contributed by atoms with Crippen LogP contribution in [0.5, 0.6) is 11.5 Å². The van der Waals surface area contributed by atoms with E-state index in [2.05, 4.69) is 20.7 Å². The monoisotopic (exact) mass is 408 g/mol. The Bertz CT molecular complexity index is 1100. The fraction of sp³-hybridized carbons (Fsp3) is 0.200. The van der Waals surface area contributed by atoms with Crippen molar-refractivity contribution in [3.05, 3.63) is 54.1 Å². The molecule has 0 amide bonds. The molecule has 146 valence electrons. The van der Waals surface area contributed by atoms with Crippen LogP contribution in [0.3, 0.4) is 0 Å². The lowest BCUT2D eigenvalue weighted by molar-refractivity contribution is -0.138. The highest BCUT2D eigenvalue weighted by atomic mass is 32.2. The number of carbonyl (C=O) groups is 1. The van der Waals surface area contributed by atoms with Gasteiger partial charge in [0.05, 0.1) is 18.9 Å². The van der Waals surface area contributed by atoms with Crippen molar-refractivity contribution in [3.63, 3.8) is 0 Å². The number of nitrogens with zero attached hydrogens (tertiary/aromatic N) is 3. The average Bonchev–Trinajstić information content (AvgIpc) is 3.40. The van der Waals surface area contributed by atoms with E-state index in [0.29, 0.717) is 34.1 Å². The Morgan fingerprint density at radius 3 is 2.83 bits per heavy atom. The number of fused-ring (bicyclic) bond motifs is 3. The van der Waals surface area contributed by atoms with Crippen LogP contribution in [0.25, 0.3) is 11.5 Å². The van der Waals surface area contributed by atoms with E-state index in [1.54, 1.807) is 13.2 Å². The Labute approximate surface area is 170 Å². The van der Waals surface area contributed by atoms with E-state index in [4.69, 9.17) is 13.9 Å². The van der Waals surface area contributed by atoms with Crippen LogP contribution in [0.4, 0.5) is 0 Å². The number of hydrogen-bond acceptors (Lipinski definition) is 9. The Hall–Kier alpha value is -3.33. The molecule has 0 saturated heterocycles. The highest BCUT2D eigenvalue weighted by molar-refractivity contribution is 7.99. The van der Waals surface area contributed by atoms with Gasteiger partial charge in [-0.3, -0.25) is 4.79 Å². The van der Waals surface area contributed by atoms with E-state index in [0.717, 1.165) is 11.1 Å². The smallest absolute Gasteiger partial charge is 0.322 e. The molecule has 29 heavy (non-hydrogen) atoms. The quantitative estimate of drug-likeness (QED) is 0.391. The molecule has 2 aliphatic heterocycles. The molecule has 2 atom stereocenters. The first-order chi connectivity index (χ1) is 14.2. The third kappa shape index (κ3) is 3.13. The Morgan fingerprint density at radius 2 is 2.00 bits per heavy atom. The maximum absolute atomic E-state index is 12.7. The lowest BCUT2D eigenvalue weighted by Crippen LogP contribution is -2.37. The summed E-state index contributed by atoms with van der Waals surface area (Å²) in [5, 5.41) is 12.9. The van der Waals surface area contributed by atoms with Gasteiger partial charge < -0.3 is 19.3 Å². The van der Waals surface area contributed by atoms with Crippen molar-refractivity contribution in [3.8, 4) is 23.0 Å². The summed E-state index contributed by atoms with van der Waals surface area (Å²) in [6.45, 7) is 0. The number of thioether (sulfide) groups is 1. The molecule has 2 aliphatic rings. The van der Waals surface area contributed by atoms with Crippen molar-refractivity contribution in [2.45, 2.75) is 11.3 Å². The number of benzene rings is 2. The summed E-state index contributed by atoms with van der Waals surface area (Å²) in [7, 11) is 1.55. The molecule has 9 heteroatoms. The van der Waals surface area contributed by atoms with Crippen LogP contribution in [0, 0.1) is 5.92 Å². The lowest BCUT2D eigenvalue weighted by atomic mass is 9.88. The van der Waals surface area contributed by atoms with E-state index >= 15 is 0 Å². The standard InChI is InChI=1S/C20H16N4O4S/c1-26-14-9-5-8-12-16-15(19(25)27-17(12)14)13(21-22-16)10-29-20-24-23-18(28-20)11-6-3-2-4-7-11/h2-9,15-16,22H,10H2,1H3. The number of nitrogens with one attached hydrogen (secondary N) is 1. The predicted molar refractivity (Wildman–Crippen MR) is 106 cm³/mol. The molecule has 2 aromatic carbocycles. The normalized spacial score (nSPS) is 19.6. The summed E-state index contributed by atoms with van der Waals surface area (Å²) in [4.78, 5) is 12.7. The Balaban J connectivity index is 1.32. The van der Waals surface area contributed by atoms with Gasteiger partial charge in [-0.05, 0) is 18.2 Å². The molecule has 0 bridgehead atoms. The number of ether oxygens (including phenoxy) is 2. The van der Waals surface area contributed by atoms with Crippen LogP contribution >= 0.6 is 11.8 Å². The molecular weight excluding hydrogens is 392 g/mol. The molecule has 0 fully saturated rings. The molecule has 0 spiro atoms. The molecule has 1 N–H and O–H groups in total. The van der Waals surface area contributed by atoms with E-state index in [-0.39, 0.29) is 12.0 Å². The van der Waals surface area contributed by atoms with Gasteiger partial charge in [0.15, 0.2) is 11.5 Å². The Kier molecular flexibility index (Phi) is 4.44. The van der Waals surface area contributed by atoms with E-state index in [1.807, 2.05) is 42.5 Å². The number of hydrogen-bond donors (Lipinski definition) is 1. The minimum atomic E-state index is -0.501.